The number of morpholine rings is 1. The van der Waals surface area contributed by atoms with E-state index in [1.54, 1.807) is 19.2 Å². The van der Waals surface area contributed by atoms with Crippen molar-refractivity contribution in [1.82, 2.24) is 15.5 Å². The van der Waals surface area contributed by atoms with Crippen LogP contribution in [0.2, 0.25) is 0 Å². The van der Waals surface area contributed by atoms with Crippen LogP contribution in [-0.4, -0.2) is 57.3 Å². The zero-order valence-corrected chi connectivity index (χ0v) is 19.3. The fraction of sp³-hybridized carbons (Fsp3) is 0.476. The van der Waals surface area contributed by atoms with Crippen LogP contribution in [0.15, 0.2) is 45.8 Å². The Hall–Kier alpha value is -1.65. The monoisotopic (exact) mass is 516 g/mol. The summed E-state index contributed by atoms with van der Waals surface area (Å²) in [7, 11) is 1.74. The van der Waals surface area contributed by atoms with Crippen molar-refractivity contribution in [1.29, 1.82) is 0 Å². The van der Waals surface area contributed by atoms with Crippen molar-refractivity contribution in [3.8, 4) is 0 Å². The van der Waals surface area contributed by atoms with Gasteiger partial charge in [0.25, 0.3) is 0 Å². The minimum Gasteiger partial charge on any atom is -0.465 e. The highest BCUT2D eigenvalue weighted by Crippen LogP contribution is 2.23. The Balaban J connectivity index is 0.00000300. The molecular weight excluding hydrogens is 486 g/mol. The Morgan fingerprint density at radius 2 is 1.93 bits per heavy atom. The van der Waals surface area contributed by atoms with E-state index in [0.717, 1.165) is 37.8 Å². The van der Waals surface area contributed by atoms with Gasteiger partial charge in [0.2, 0.25) is 0 Å². The molecule has 2 N–H and O–H groups in total. The third-order valence-electron chi connectivity index (χ3n) is 4.91. The first-order valence-electron chi connectivity index (χ1n) is 9.73. The molecule has 1 aliphatic heterocycles. The minimum atomic E-state index is -0.173. The molecular formula is C21H30FIN4O2. The Morgan fingerprint density at radius 3 is 2.59 bits per heavy atom. The Labute approximate surface area is 188 Å². The number of guanidine groups is 1. The Morgan fingerprint density at radius 1 is 1.17 bits per heavy atom. The topological polar surface area (TPSA) is 62.0 Å². The van der Waals surface area contributed by atoms with Crippen LogP contribution in [0.4, 0.5) is 4.39 Å². The van der Waals surface area contributed by atoms with Crippen LogP contribution in [0, 0.1) is 12.7 Å². The number of hydrogen-bond donors (Lipinski definition) is 2. The first-order chi connectivity index (χ1) is 13.7. The van der Waals surface area contributed by atoms with Crippen LogP contribution >= 0.6 is 24.0 Å². The van der Waals surface area contributed by atoms with E-state index in [9.17, 15) is 4.39 Å². The summed E-state index contributed by atoms with van der Waals surface area (Å²) in [5.41, 5.74) is 0.697. The molecule has 8 heteroatoms. The summed E-state index contributed by atoms with van der Waals surface area (Å²) in [6, 6.07) is 11.0. The number of aryl methyl sites for hydroxylation is 1. The molecule has 2 aromatic rings. The van der Waals surface area contributed by atoms with E-state index >= 15 is 0 Å². The second kappa shape index (κ2) is 12.1. The van der Waals surface area contributed by atoms with Crippen molar-refractivity contribution in [3.63, 3.8) is 0 Å². The van der Waals surface area contributed by atoms with E-state index in [1.165, 1.54) is 6.07 Å². The summed E-state index contributed by atoms with van der Waals surface area (Å²) in [6.45, 7) is 6.40. The number of ether oxygens (including phenoxy) is 1. The van der Waals surface area contributed by atoms with Crippen molar-refractivity contribution in [2.24, 2.45) is 4.99 Å². The van der Waals surface area contributed by atoms with E-state index in [4.69, 9.17) is 9.15 Å². The van der Waals surface area contributed by atoms with Gasteiger partial charge in [-0.05, 0) is 37.1 Å². The predicted octanol–water partition coefficient (Wildman–Crippen LogP) is 3.13. The molecule has 0 aliphatic carbocycles. The molecule has 1 atom stereocenters. The van der Waals surface area contributed by atoms with Crippen LogP contribution in [-0.2, 0) is 11.2 Å². The third-order valence-corrected chi connectivity index (χ3v) is 4.91. The Bertz CT molecular complexity index is 778. The highest BCUT2D eigenvalue weighted by Gasteiger charge is 2.25. The normalized spacial score (nSPS) is 16.2. The second-order valence-electron chi connectivity index (χ2n) is 6.83. The summed E-state index contributed by atoms with van der Waals surface area (Å²) in [6.07, 6.45) is 0.595. The summed E-state index contributed by atoms with van der Waals surface area (Å²) in [5.74, 6) is 2.36. The maximum Gasteiger partial charge on any atom is 0.191 e. The van der Waals surface area contributed by atoms with Gasteiger partial charge in [-0.3, -0.25) is 9.89 Å². The van der Waals surface area contributed by atoms with Gasteiger partial charge >= 0.3 is 0 Å². The number of benzene rings is 1. The van der Waals surface area contributed by atoms with Crippen LogP contribution in [0.3, 0.4) is 0 Å². The number of nitrogens with one attached hydrogen (secondary N) is 2. The number of hydrogen-bond acceptors (Lipinski definition) is 4. The van der Waals surface area contributed by atoms with Gasteiger partial charge < -0.3 is 19.8 Å². The van der Waals surface area contributed by atoms with Gasteiger partial charge in [0.1, 0.15) is 17.3 Å². The largest absolute Gasteiger partial charge is 0.465 e. The number of furan rings is 1. The maximum atomic E-state index is 13.7. The average molecular weight is 516 g/mol. The summed E-state index contributed by atoms with van der Waals surface area (Å²) >= 11 is 0. The lowest BCUT2D eigenvalue weighted by molar-refractivity contribution is 0.0124. The molecule has 2 heterocycles. The first-order valence-corrected chi connectivity index (χ1v) is 9.73. The van der Waals surface area contributed by atoms with E-state index in [0.29, 0.717) is 31.0 Å². The predicted molar refractivity (Wildman–Crippen MR) is 123 cm³/mol. The fourth-order valence-electron chi connectivity index (χ4n) is 3.36. The summed E-state index contributed by atoms with van der Waals surface area (Å²) in [5, 5.41) is 6.64. The van der Waals surface area contributed by atoms with E-state index in [1.807, 2.05) is 25.1 Å². The summed E-state index contributed by atoms with van der Waals surface area (Å²) < 4.78 is 25.1. The van der Waals surface area contributed by atoms with E-state index in [2.05, 4.69) is 20.5 Å². The first kappa shape index (κ1) is 23.6. The lowest BCUT2D eigenvalue weighted by atomic mass is 10.1. The highest BCUT2D eigenvalue weighted by atomic mass is 127. The molecule has 1 unspecified atom stereocenters. The zero-order valence-electron chi connectivity index (χ0n) is 17.0. The second-order valence-corrected chi connectivity index (χ2v) is 6.83. The van der Waals surface area contributed by atoms with E-state index < -0.39 is 0 Å². The molecule has 3 rings (SSSR count). The average Bonchev–Trinajstić information content (AvgIpc) is 3.15. The molecule has 6 nitrogen and oxygen atoms in total. The van der Waals surface area contributed by atoms with Crippen molar-refractivity contribution in [3.05, 3.63) is 59.3 Å². The van der Waals surface area contributed by atoms with Crippen LogP contribution in [0.1, 0.15) is 23.1 Å². The molecule has 29 heavy (non-hydrogen) atoms. The molecule has 1 fully saturated rings. The number of halogens is 2. The zero-order chi connectivity index (χ0) is 19.8. The molecule has 1 aliphatic rings. The SMILES string of the molecule is CN=C(NCCc1ccccc1F)NCC(c1ccc(C)o1)N1CCOCC1.I. The van der Waals surface area contributed by atoms with Crippen molar-refractivity contribution < 1.29 is 13.5 Å². The fourth-order valence-corrected chi connectivity index (χ4v) is 3.36. The molecule has 0 amide bonds. The molecule has 1 saturated heterocycles. The lowest BCUT2D eigenvalue weighted by Crippen LogP contribution is -2.46. The van der Waals surface area contributed by atoms with Gasteiger partial charge in [-0.15, -0.1) is 24.0 Å². The van der Waals surface area contributed by atoms with Crippen molar-refractivity contribution >= 4 is 29.9 Å². The van der Waals surface area contributed by atoms with Gasteiger partial charge in [-0.1, -0.05) is 18.2 Å². The van der Waals surface area contributed by atoms with Gasteiger partial charge in [0, 0.05) is 33.2 Å². The number of rotatable bonds is 7. The maximum absolute atomic E-state index is 13.7. The quantitative estimate of drug-likeness (QED) is 0.337. The van der Waals surface area contributed by atoms with E-state index in [-0.39, 0.29) is 35.8 Å². The highest BCUT2D eigenvalue weighted by molar-refractivity contribution is 14.0. The lowest BCUT2D eigenvalue weighted by Gasteiger charge is -2.33. The molecule has 1 aromatic carbocycles. The van der Waals surface area contributed by atoms with Crippen LogP contribution in [0.25, 0.3) is 0 Å². The van der Waals surface area contributed by atoms with Gasteiger partial charge in [-0.25, -0.2) is 4.39 Å². The molecule has 0 spiro atoms. The number of nitrogens with zero attached hydrogens (tertiary/aromatic N) is 2. The smallest absolute Gasteiger partial charge is 0.191 e. The third kappa shape index (κ3) is 6.97. The van der Waals surface area contributed by atoms with Crippen molar-refractivity contribution in [2.75, 3.05) is 46.4 Å². The van der Waals surface area contributed by atoms with Gasteiger partial charge in [0.05, 0.1) is 19.3 Å². The van der Waals surface area contributed by atoms with Crippen LogP contribution in [0.5, 0.6) is 0 Å². The molecule has 0 radical (unpaired) electrons. The molecule has 0 bridgehead atoms. The molecule has 1 aromatic heterocycles. The van der Waals surface area contributed by atoms with Gasteiger partial charge in [0.15, 0.2) is 5.96 Å². The molecule has 160 valence electrons. The van der Waals surface area contributed by atoms with Gasteiger partial charge in [-0.2, -0.15) is 0 Å². The van der Waals surface area contributed by atoms with Crippen molar-refractivity contribution in [2.45, 2.75) is 19.4 Å². The Kier molecular flexibility index (Phi) is 9.89. The summed E-state index contributed by atoms with van der Waals surface area (Å²) in [4.78, 5) is 6.65. The standard InChI is InChI=1S/C21H29FN4O2.HI/c1-16-7-8-20(28-16)19(26-11-13-27-14-12-26)15-25-21(23-2)24-10-9-17-5-3-4-6-18(17)22;/h3-8,19H,9-15H2,1-2H3,(H2,23,24,25);1H. The minimum absolute atomic E-state index is 0. The molecule has 0 saturated carbocycles. The van der Waals surface area contributed by atoms with Crippen LogP contribution < -0.4 is 10.6 Å². The number of aliphatic imine (C=N–C) groups is 1.